The van der Waals surface area contributed by atoms with Crippen molar-refractivity contribution in [3.8, 4) is 0 Å². The minimum Gasteiger partial charge on any atom is -0.393 e. The summed E-state index contributed by atoms with van der Waals surface area (Å²) in [6.07, 6.45) is 8.39. The molecule has 0 aromatic rings. The molecule has 1 aliphatic heterocycles. The first-order valence-corrected chi connectivity index (χ1v) is 13.1. The van der Waals surface area contributed by atoms with Crippen LogP contribution in [0.15, 0.2) is 23.3 Å². The summed E-state index contributed by atoms with van der Waals surface area (Å²) in [6, 6.07) is 0. The van der Waals surface area contributed by atoms with Crippen molar-refractivity contribution in [2.45, 2.75) is 116 Å². The van der Waals surface area contributed by atoms with Gasteiger partial charge in [-0.05, 0) is 82.0 Å². The van der Waals surface area contributed by atoms with Gasteiger partial charge in [-0.3, -0.25) is 0 Å². The Balaban J connectivity index is 1.45. The van der Waals surface area contributed by atoms with Gasteiger partial charge in [0.1, 0.15) is 6.10 Å². The van der Waals surface area contributed by atoms with Crippen molar-refractivity contribution in [2.75, 3.05) is 0 Å². The number of aliphatic hydroxyl groups is 4. The SMILES string of the molecule is CC(C(O)C1OC2C[C@H]3C4=CC=C5CC(O)CC[C@]5(C)[C@H]4CC[C@]3(C)C2C1(C)O)C(C)(C)O. The number of ether oxygens (including phenoxy) is 1. The van der Waals surface area contributed by atoms with Gasteiger partial charge in [-0.1, -0.05) is 44.1 Å². The van der Waals surface area contributed by atoms with Crippen molar-refractivity contribution >= 4 is 0 Å². The van der Waals surface area contributed by atoms with Gasteiger partial charge in [0.25, 0.3) is 0 Å². The van der Waals surface area contributed by atoms with Gasteiger partial charge < -0.3 is 25.2 Å². The minimum absolute atomic E-state index is 0.0446. The van der Waals surface area contributed by atoms with Gasteiger partial charge in [-0.15, -0.1) is 0 Å². The summed E-state index contributed by atoms with van der Waals surface area (Å²) in [6.45, 7) is 11.8. The van der Waals surface area contributed by atoms with E-state index in [9.17, 15) is 20.4 Å². The van der Waals surface area contributed by atoms with Gasteiger partial charge >= 0.3 is 0 Å². The Kier molecular flexibility index (Phi) is 5.38. The van der Waals surface area contributed by atoms with Gasteiger partial charge in [0.05, 0.1) is 29.5 Å². The van der Waals surface area contributed by atoms with Crippen molar-refractivity contribution in [1.29, 1.82) is 0 Å². The fraction of sp³-hybridized carbons (Fsp3) is 0.857. The highest BCUT2D eigenvalue weighted by Crippen LogP contribution is 2.68. The van der Waals surface area contributed by atoms with Crippen molar-refractivity contribution in [3.63, 3.8) is 0 Å². The maximum absolute atomic E-state index is 11.9. The molecule has 5 aliphatic rings. The van der Waals surface area contributed by atoms with Crippen molar-refractivity contribution in [3.05, 3.63) is 23.3 Å². The summed E-state index contributed by atoms with van der Waals surface area (Å²) in [5, 5.41) is 43.7. The lowest BCUT2D eigenvalue weighted by Crippen LogP contribution is -2.56. The first kappa shape index (κ1) is 24.0. The molecule has 5 heteroatoms. The quantitative estimate of drug-likeness (QED) is 0.515. The van der Waals surface area contributed by atoms with Crippen LogP contribution in [0.25, 0.3) is 0 Å². The zero-order chi connectivity index (χ0) is 24.1. The van der Waals surface area contributed by atoms with Gasteiger partial charge in [-0.25, -0.2) is 0 Å². The lowest BCUT2D eigenvalue weighted by atomic mass is 9.49. The van der Waals surface area contributed by atoms with Crippen LogP contribution in [0.5, 0.6) is 0 Å². The molecule has 0 aromatic carbocycles. The molecule has 0 aromatic heterocycles. The molecular weight excluding hydrogens is 416 g/mol. The molecule has 0 amide bonds. The monoisotopic (exact) mass is 460 g/mol. The zero-order valence-corrected chi connectivity index (χ0v) is 21.2. The molecule has 1 saturated heterocycles. The number of aliphatic hydroxyl groups excluding tert-OH is 2. The average Bonchev–Trinajstić information content (AvgIpc) is 3.17. The highest BCUT2D eigenvalue weighted by molar-refractivity contribution is 5.40. The maximum atomic E-state index is 11.9. The Morgan fingerprint density at radius 2 is 1.79 bits per heavy atom. The van der Waals surface area contributed by atoms with Gasteiger partial charge in [0.15, 0.2) is 0 Å². The standard InChI is InChI=1S/C28H44O5/c1-15(25(2,3)31)22(30)24-28(6,32)23-21(33-24)14-20-18-8-7-16-13-17(29)9-11-26(16,4)19(18)10-12-27(20,23)5/h7-8,15,17,19-24,29-32H,9-14H2,1-6H3/t15?,17?,19-,20-,21?,22?,23?,24?,26-,27-,28?/m0/s1. The van der Waals surface area contributed by atoms with E-state index in [4.69, 9.17) is 4.74 Å². The second kappa shape index (κ2) is 7.39. The normalized spacial score (nSPS) is 51.0. The van der Waals surface area contributed by atoms with Crippen molar-refractivity contribution in [2.24, 2.45) is 34.5 Å². The highest BCUT2D eigenvalue weighted by Gasteiger charge is 2.69. The third-order valence-corrected chi connectivity index (χ3v) is 11.0. The molecule has 186 valence electrons. The van der Waals surface area contributed by atoms with Crippen molar-refractivity contribution < 1.29 is 25.2 Å². The molecule has 0 radical (unpaired) electrons. The van der Waals surface area contributed by atoms with E-state index in [-0.39, 0.29) is 29.0 Å². The first-order valence-electron chi connectivity index (χ1n) is 13.1. The largest absolute Gasteiger partial charge is 0.393 e. The van der Waals surface area contributed by atoms with E-state index in [0.717, 1.165) is 38.5 Å². The summed E-state index contributed by atoms with van der Waals surface area (Å²) in [5.74, 6) is 0.405. The Bertz CT molecular complexity index is 868. The van der Waals surface area contributed by atoms with Crippen LogP contribution in [0, 0.1) is 34.5 Å². The van der Waals surface area contributed by atoms with Crippen LogP contribution in [0.2, 0.25) is 0 Å². The molecule has 11 atom stereocenters. The zero-order valence-electron chi connectivity index (χ0n) is 21.2. The second-order valence-corrected chi connectivity index (χ2v) is 13.3. The number of allylic oxidation sites excluding steroid dienone is 3. The van der Waals surface area contributed by atoms with E-state index >= 15 is 0 Å². The van der Waals surface area contributed by atoms with Gasteiger partial charge in [-0.2, -0.15) is 0 Å². The number of fused-ring (bicyclic) bond motifs is 7. The van der Waals surface area contributed by atoms with E-state index in [1.807, 2.05) is 13.8 Å². The van der Waals surface area contributed by atoms with Crippen LogP contribution in [-0.4, -0.2) is 56.0 Å². The smallest absolute Gasteiger partial charge is 0.113 e. The maximum Gasteiger partial charge on any atom is 0.113 e. The van der Waals surface area contributed by atoms with Crippen LogP contribution in [-0.2, 0) is 4.74 Å². The molecule has 5 nitrogen and oxygen atoms in total. The molecule has 0 spiro atoms. The number of hydrogen-bond acceptors (Lipinski definition) is 5. The summed E-state index contributed by atoms with van der Waals surface area (Å²) in [7, 11) is 0. The van der Waals surface area contributed by atoms with Crippen LogP contribution in [0.4, 0.5) is 0 Å². The Morgan fingerprint density at radius 3 is 2.45 bits per heavy atom. The third kappa shape index (κ3) is 3.29. The van der Waals surface area contributed by atoms with E-state index in [1.165, 1.54) is 11.1 Å². The van der Waals surface area contributed by atoms with Gasteiger partial charge in [0, 0.05) is 11.8 Å². The van der Waals surface area contributed by atoms with Crippen LogP contribution in [0.3, 0.4) is 0 Å². The molecule has 4 fully saturated rings. The Morgan fingerprint density at radius 1 is 1.09 bits per heavy atom. The van der Waals surface area contributed by atoms with E-state index in [1.54, 1.807) is 13.8 Å². The lowest BCUT2D eigenvalue weighted by Gasteiger charge is -2.55. The van der Waals surface area contributed by atoms with Gasteiger partial charge in [0.2, 0.25) is 0 Å². The van der Waals surface area contributed by atoms with Crippen LogP contribution < -0.4 is 0 Å². The molecule has 4 N–H and O–H groups in total. The van der Waals surface area contributed by atoms with E-state index < -0.39 is 29.3 Å². The molecule has 3 saturated carbocycles. The highest BCUT2D eigenvalue weighted by atomic mass is 16.5. The molecule has 4 aliphatic carbocycles. The summed E-state index contributed by atoms with van der Waals surface area (Å²) in [4.78, 5) is 0. The topological polar surface area (TPSA) is 90.2 Å². The first-order chi connectivity index (χ1) is 15.2. The predicted octanol–water partition coefficient (Wildman–Crippen LogP) is 3.74. The van der Waals surface area contributed by atoms with Crippen molar-refractivity contribution in [1.82, 2.24) is 0 Å². The Hall–Kier alpha value is -0.720. The summed E-state index contributed by atoms with van der Waals surface area (Å²) >= 11 is 0. The second-order valence-electron chi connectivity index (χ2n) is 13.3. The third-order valence-electron chi connectivity index (χ3n) is 11.0. The summed E-state index contributed by atoms with van der Waals surface area (Å²) < 4.78 is 6.47. The number of hydrogen-bond donors (Lipinski definition) is 4. The fourth-order valence-corrected chi connectivity index (χ4v) is 8.77. The lowest BCUT2D eigenvalue weighted by molar-refractivity contribution is -0.155. The molecular formula is C28H44O5. The predicted molar refractivity (Wildman–Crippen MR) is 127 cm³/mol. The minimum atomic E-state index is -1.16. The van der Waals surface area contributed by atoms with Crippen LogP contribution >= 0.6 is 0 Å². The average molecular weight is 461 g/mol. The summed E-state index contributed by atoms with van der Waals surface area (Å²) in [5.41, 5.74) is 0.757. The molecule has 0 bridgehead atoms. The molecule has 7 unspecified atom stereocenters. The Labute approximate surface area is 198 Å². The fourth-order valence-electron chi connectivity index (χ4n) is 8.77. The number of rotatable bonds is 3. The molecule has 1 heterocycles. The van der Waals surface area contributed by atoms with E-state index in [0.29, 0.717) is 11.8 Å². The van der Waals surface area contributed by atoms with Crippen LogP contribution in [0.1, 0.15) is 80.1 Å². The molecule has 5 rings (SSSR count). The van der Waals surface area contributed by atoms with E-state index in [2.05, 4.69) is 26.0 Å². The molecule has 33 heavy (non-hydrogen) atoms.